The Morgan fingerprint density at radius 3 is 2.52 bits per heavy atom. The Labute approximate surface area is 149 Å². The highest BCUT2D eigenvalue weighted by Crippen LogP contribution is 2.28. The third kappa shape index (κ3) is 4.84. The van der Waals surface area contributed by atoms with Gasteiger partial charge >= 0.3 is 0 Å². The van der Waals surface area contributed by atoms with Gasteiger partial charge in [-0.25, -0.2) is 4.39 Å². The minimum atomic E-state index is -0.240. The Kier molecular flexibility index (Phi) is 5.73. The molecule has 130 valence electrons. The number of methoxy groups -OCH3 is 1. The zero-order chi connectivity index (χ0) is 17.5. The minimum Gasteiger partial charge on any atom is -0.497 e. The second-order valence-electron chi connectivity index (χ2n) is 6.60. The number of benzene rings is 2. The molecule has 1 saturated carbocycles. The van der Waals surface area contributed by atoms with Gasteiger partial charge in [0, 0.05) is 12.1 Å². The SMILES string of the molecule is COc1ccc(CNC2(C#Cc3cccc(F)c3)CCCCC2)cc1. The van der Waals surface area contributed by atoms with E-state index in [1.807, 2.05) is 18.2 Å². The van der Waals surface area contributed by atoms with Crippen LogP contribution >= 0.6 is 0 Å². The number of rotatable bonds is 4. The van der Waals surface area contributed by atoms with Crippen molar-refractivity contribution in [2.45, 2.75) is 44.2 Å². The number of ether oxygens (including phenoxy) is 1. The molecule has 0 atom stereocenters. The van der Waals surface area contributed by atoms with E-state index in [1.165, 1.54) is 37.0 Å². The van der Waals surface area contributed by atoms with Gasteiger partial charge < -0.3 is 4.74 Å². The number of hydrogen-bond acceptors (Lipinski definition) is 2. The number of nitrogens with one attached hydrogen (secondary N) is 1. The van der Waals surface area contributed by atoms with Crippen molar-refractivity contribution in [1.82, 2.24) is 5.32 Å². The first kappa shape index (κ1) is 17.5. The first-order valence-electron chi connectivity index (χ1n) is 8.86. The average molecular weight is 337 g/mol. The molecule has 0 bridgehead atoms. The van der Waals surface area contributed by atoms with Crippen molar-refractivity contribution in [2.75, 3.05) is 7.11 Å². The predicted octanol–water partition coefficient (Wildman–Crippen LogP) is 4.68. The summed E-state index contributed by atoms with van der Waals surface area (Å²) in [5.74, 6) is 7.22. The third-order valence-electron chi connectivity index (χ3n) is 4.77. The molecule has 3 rings (SSSR count). The Hall–Kier alpha value is -2.31. The fraction of sp³-hybridized carbons (Fsp3) is 0.364. The molecule has 25 heavy (non-hydrogen) atoms. The van der Waals surface area contributed by atoms with Crippen molar-refractivity contribution >= 4 is 0 Å². The summed E-state index contributed by atoms with van der Waals surface area (Å²) in [7, 11) is 1.67. The van der Waals surface area contributed by atoms with Gasteiger partial charge in [0.05, 0.1) is 12.6 Å². The van der Waals surface area contributed by atoms with E-state index in [2.05, 4.69) is 29.3 Å². The summed E-state index contributed by atoms with van der Waals surface area (Å²) in [6.45, 7) is 0.766. The van der Waals surface area contributed by atoms with Crippen LogP contribution in [0.3, 0.4) is 0 Å². The molecule has 1 N–H and O–H groups in total. The van der Waals surface area contributed by atoms with E-state index in [9.17, 15) is 4.39 Å². The summed E-state index contributed by atoms with van der Waals surface area (Å²) < 4.78 is 18.6. The van der Waals surface area contributed by atoms with Crippen molar-refractivity contribution in [1.29, 1.82) is 0 Å². The van der Waals surface area contributed by atoms with E-state index in [0.717, 1.165) is 30.7 Å². The number of hydrogen-bond donors (Lipinski definition) is 1. The maximum atomic E-state index is 13.4. The summed E-state index contributed by atoms with van der Waals surface area (Å²) in [4.78, 5) is 0. The van der Waals surface area contributed by atoms with E-state index < -0.39 is 0 Å². The minimum absolute atomic E-state index is 0.190. The topological polar surface area (TPSA) is 21.3 Å². The molecule has 1 fully saturated rings. The molecule has 0 spiro atoms. The Morgan fingerprint density at radius 1 is 1.08 bits per heavy atom. The van der Waals surface area contributed by atoms with Crippen molar-refractivity contribution in [3.8, 4) is 17.6 Å². The highest BCUT2D eigenvalue weighted by atomic mass is 19.1. The van der Waals surface area contributed by atoms with Gasteiger partial charge in [-0.3, -0.25) is 5.32 Å². The maximum absolute atomic E-state index is 13.4. The molecule has 2 nitrogen and oxygen atoms in total. The number of halogens is 1. The van der Waals surface area contributed by atoms with E-state index in [1.54, 1.807) is 13.2 Å². The van der Waals surface area contributed by atoms with Crippen LogP contribution in [-0.2, 0) is 6.54 Å². The molecule has 0 saturated heterocycles. The van der Waals surface area contributed by atoms with Crippen molar-refractivity contribution in [3.63, 3.8) is 0 Å². The van der Waals surface area contributed by atoms with Crippen molar-refractivity contribution in [2.24, 2.45) is 0 Å². The molecular weight excluding hydrogens is 313 g/mol. The second kappa shape index (κ2) is 8.18. The van der Waals surface area contributed by atoms with Gasteiger partial charge in [-0.1, -0.05) is 49.3 Å². The van der Waals surface area contributed by atoms with Gasteiger partial charge in [0.15, 0.2) is 0 Å². The Morgan fingerprint density at radius 2 is 1.84 bits per heavy atom. The summed E-state index contributed by atoms with van der Waals surface area (Å²) in [6.07, 6.45) is 5.67. The fourth-order valence-electron chi connectivity index (χ4n) is 3.27. The summed E-state index contributed by atoms with van der Waals surface area (Å²) in [5, 5.41) is 3.67. The molecule has 0 amide bonds. The van der Waals surface area contributed by atoms with E-state index >= 15 is 0 Å². The summed E-state index contributed by atoms with van der Waals surface area (Å²) >= 11 is 0. The van der Waals surface area contributed by atoms with Gasteiger partial charge in [-0.05, 0) is 48.7 Å². The zero-order valence-corrected chi connectivity index (χ0v) is 14.6. The zero-order valence-electron chi connectivity index (χ0n) is 14.6. The fourth-order valence-corrected chi connectivity index (χ4v) is 3.27. The van der Waals surface area contributed by atoms with E-state index in [0.29, 0.717) is 0 Å². The van der Waals surface area contributed by atoms with Crippen LogP contribution in [0.15, 0.2) is 48.5 Å². The lowest BCUT2D eigenvalue weighted by molar-refractivity contribution is 0.299. The normalized spacial score (nSPS) is 15.9. The monoisotopic (exact) mass is 337 g/mol. The molecule has 0 radical (unpaired) electrons. The van der Waals surface area contributed by atoms with Crippen LogP contribution in [0.2, 0.25) is 0 Å². The van der Waals surface area contributed by atoms with Crippen LogP contribution in [0.5, 0.6) is 5.75 Å². The largest absolute Gasteiger partial charge is 0.497 e. The molecule has 1 aliphatic carbocycles. The molecular formula is C22H24FNO. The molecule has 2 aromatic carbocycles. The van der Waals surface area contributed by atoms with Crippen LogP contribution < -0.4 is 10.1 Å². The first-order chi connectivity index (χ1) is 12.2. The maximum Gasteiger partial charge on any atom is 0.124 e. The lowest BCUT2D eigenvalue weighted by Crippen LogP contribution is -2.45. The summed E-state index contributed by atoms with van der Waals surface area (Å²) in [6, 6.07) is 14.6. The van der Waals surface area contributed by atoms with Gasteiger partial charge in [0.2, 0.25) is 0 Å². The van der Waals surface area contributed by atoms with Crippen molar-refractivity contribution in [3.05, 3.63) is 65.5 Å². The van der Waals surface area contributed by atoms with Crippen LogP contribution in [0.1, 0.15) is 43.2 Å². The van der Waals surface area contributed by atoms with Gasteiger partial charge in [-0.15, -0.1) is 0 Å². The first-order valence-corrected chi connectivity index (χ1v) is 8.86. The summed E-state index contributed by atoms with van der Waals surface area (Å²) in [5.41, 5.74) is 1.75. The molecule has 2 aromatic rings. The molecule has 0 heterocycles. The smallest absolute Gasteiger partial charge is 0.124 e. The second-order valence-corrected chi connectivity index (χ2v) is 6.60. The van der Waals surface area contributed by atoms with E-state index in [-0.39, 0.29) is 11.4 Å². The predicted molar refractivity (Wildman–Crippen MR) is 98.9 cm³/mol. The highest BCUT2D eigenvalue weighted by Gasteiger charge is 2.29. The standard InChI is InChI=1S/C22H24FNO/c1-25-21-10-8-19(9-11-21)17-24-22(13-3-2-4-14-22)15-12-18-6-5-7-20(23)16-18/h5-11,16,24H,2-4,13-14,17H2,1H3. The lowest BCUT2D eigenvalue weighted by atomic mass is 9.81. The van der Waals surface area contributed by atoms with Crippen molar-refractivity contribution < 1.29 is 9.13 Å². The average Bonchev–Trinajstić information content (AvgIpc) is 2.66. The molecule has 0 aromatic heterocycles. The van der Waals surface area contributed by atoms with Gasteiger partial charge in [0.25, 0.3) is 0 Å². The third-order valence-corrected chi connectivity index (χ3v) is 4.77. The van der Waals surface area contributed by atoms with Crippen LogP contribution in [0.4, 0.5) is 4.39 Å². The van der Waals surface area contributed by atoms with Crippen LogP contribution in [-0.4, -0.2) is 12.6 Å². The molecule has 1 aliphatic rings. The van der Waals surface area contributed by atoms with E-state index in [4.69, 9.17) is 4.74 Å². The van der Waals surface area contributed by atoms with Gasteiger partial charge in [0.1, 0.15) is 11.6 Å². The van der Waals surface area contributed by atoms with Crippen LogP contribution in [0.25, 0.3) is 0 Å². The Balaban J connectivity index is 1.74. The molecule has 3 heteroatoms. The van der Waals surface area contributed by atoms with Crippen LogP contribution in [0, 0.1) is 17.7 Å². The quantitative estimate of drug-likeness (QED) is 0.818. The van der Waals surface area contributed by atoms with Gasteiger partial charge in [-0.2, -0.15) is 0 Å². The molecule has 0 unspecified atom stereocenters. The molecule has 0 aliphatic heterocycles. The Bertz CT molecular complexity index is 752. The highest BCUT2D eigenvalue weighted by molar-refractivity contribution is 5.37. The lowest BCUT2D eigenvalue weighted by Gasteiger charge is -2.34.